The lowest BCUT2D eigenvalue weighted by Crippen LogP contribution is -2.46. The Bertz CT molecular complexity index is 1350. The number of carbonyl (C=O) groups excluding carboxylic acids is 2. The number of aryl methyl sites for hydroxylation is 1. The first-order valence-corrected chi connectivity index (χ1v) is 14.5. The van der Waals surface area contributed by atoms with Gasteiger partial charge in [-0.1, -0.05) is 19.9 Å². The predicted octanol–water partition coefficient (Wildman–Crippen LogP) is 5.02. The van der Waals surface area contributed by atoms with E-state index < -0.39 is 11.8 Å². The summed E-state index contributed by atoms with van der Waals surface area (Å²) in [6.45, 7) is 10.2. The first kappa shape index (κ1) is 26.6. The van der Waals surface area contributed by atoms with Crippen LogP contribution in [0.25, 0.3) is 10.2 Å². The average molecular weight is 535 g/mol. The molecule has 4 N–H and O–H groups in total. The van der Waals surface area contributed by atoms with E-state index in [2.05, 4.69) is 54.6 Å². The normalized spacial score (nSPS) is 23.4. The van der Waals surface area contributed by atoms with Crippen LogP contribution in [0, 0.1) is 5.92 Å². The minimum Gasteiger partial charge on any atom is -0.383 e. The number of rotatable bonds is 4. The molecule has 1 aromatic carbocycles. The number of hydrogen-bond acceptors (Lipinski definition) is 7. The number of pyridine rings is 1. The van der Waals surface area contributed by atoms with Crippen molar-refractivity contribution in [3.8, 4) is 0 Å². The largest absolute Gasteiger partial charge is 0.383 e. The van der Waals surface area contributed by atoms with Crippen LogP contribution >= 0.6 is 11.3 Å². The molecule has 5 rings (SSSR count). The molecule has 2 fully saturated rings. The molecular formula is C29H38N6O2S. The highest BCUT2D eigenvalue weighted by molar-refractivity contribution is 7.18. The third-order valence-electron chi connectivity index (χ3n) is 7.93. The molecule has 0 aliphatic carbocycles. The Labute approximate surface area is 228 Å². The van der Waals surface area contributed by atoms with Crippen molar-refractivity contribution in [2.24, 2.45) is 5.92 Å². The summed E-state index contributed by atoms with van der Waals surface area (Å²) in [5.74, 6) is 0.0492. The predicted molar refractivity (Wildman–Crippen MR) is 153 cm³/mol. The molecule has 0 radical (unpaired) electrons. The lowest BCUT2D eigenvalue weighted by atomic mass is 9.85. The Kier molecular flexibility index (Phi) is 7.42. The zero-order valence-corrected chi connectivity index (χ0v) is 23.5. The average Bonchev–Trinajstić information content (AvgIpc) is 3.32. The van der Waals surface area contributed by atoms with Gasteiger partial charge in [0.05, 0.1) is 33.2 Å². The van der Waals surface area contributed by atoms with Crippen LogP contribution in [0.3, 0.4) is 0 Å². The topological polar surface area (TPSA) is 113 Å². The molecule has 0 saturated carbocycles. The summed E-state index contributed by atoms with van der Waals surface area (Å²) in [5, 5.41) is 7.53. The van der Waals surface area contributed by atoms with Gasteiger partial charge < -0.3 is 21.3 Å². The van der Waals surface area contributed by atoms with Gasteiger partial charge >= 0.3 is 11.8 Å². The summed E-state index contributed by atoms with van der Waals surface area (Å²) >= 11 is 1.78. The highest BCUT2D eigenvalue weighted by atomic mass is 32.1. The summed E-state index contributed by atoms with van der Waals surface area (Å²) in [6.07, 6.45) is 6.17. The smallest absolute Gasteiger partial charge is 0.313 e. The molecule has 9 heteroatoms. The van der Waals surface area contributed by atoms with Crippen LogP contribution in [0.15, 0.2) is 30.5 Å². The number of nitrogens with zero attached hydrogens (tertiary/aromatic N) is 3. The van der Waals surface area contributed by atoms with Gasteiger partial charge in [-0.3, -0.25) is 9.59 Å². The van der Waals surface area contributed by atoms with Crippen LogP contribution in [-0.2, 0) is 16.0 Å². The second-order valence-corrected chi connectivity index (χ2v) is 12.6. The van der Waals surface area contributed by atoms with E-state index in [1.54, 1.807) is 22.3 Å². The summed E-state index contributed by atoms with van der Waals surface area (Å²) in [5.41, 5.74) is 9.35. The number of likely N-dealkylation sites (tertiary alicyclic amines) is 1. The minimum atomic E-state index is -0.650. The third-order valence-corrected chi connectivity index (χ3v) is 9.13. The number of amides is 2. The standard InChI is InChI=1S/C29H38N6O2S/c1-5-18-12-21(15-31-25(18)30)33-26(36)28(37)35-16-17(2)6-8-23(35)19-7-9-24-22(13-19)34-27(38-24)20-10-11-32-29(3,4)14-20/h7,9,12-13,15,17,20,23,32H,5-6,8,10-11,14,16H2,1-4H3,(H2,30,31)(H,33,36)/t17-,20-,23+/m0/s1. The highest BCUT2D eigenvalue weighted by Crippen LogP contribution is 2.39. The van der Waals surface area contributed by atoms with Crippen molar-refractivity contribution in [1.29, 1.82) is 0 Å². The molecule has 2 amide bonds. The van der Waals surface area contributed by atoms with Gasteiger partial charge in [0.25, 0.3) is 0 Å². The zero-order valence-electron chi connectivity index (χ0n) is 22.7. The second-order valence-electron chi connectivity index (χ2n) is 11.5. The van der Waals surface area contributed by atoms with Gasteiger partial charge in [-0.25, -0.2) is 9.97 Å². The summed E-state index contributed by atoms with van der Waals surface area (Å²) in [7, 11) is 0. The fourth-order valence-electron chi connectivity index (χ4n) is 5.84. The summed E-state index contributed by atoms with van der Waals surface area (Å²) in [4.78, 5) is 37.4. The van der Waals surface area contributed by atoms with Gasteiger partial charge in [0, 0.05) is 18.0 Å². The number of thiazole rings is 1. The van der Waals surface area contributed by atoms with Crippen molar-refractivity contribution in [3.63, 3.8) is 0 Å². The molecule has 2 aromatic heterocycles. The molecule has 2 aliphatic heterocycles. The molecule has 3 atom stereocenters. The molecule has 0 unspecified atom stereocenters. The molecule has 0 spiro atoms. The van der Waals surface area contributed by atoms with E-state index in [9.17, 15) is 9.59 Å². The molecule has 2 saturated heterocycles. The maximum Gasteiger partial charge on any atom is 0.313 e. The van der Waals surface area contributed by atoms with E-state index in [0.717, 1.165) is 48.9 Å². The van der Waals surface area contributed by atoms with Crippen LogP contribution < -0.4 is 16.4 Å². The number of hydrogen-bond donors (Lipinski definition) is 3. The minimum absolute atomic E-state index is 0.118. The molecule has 2 aliphatic rings. The Morgan fingerprint density at radius 3 is 2.82 bits per heavy atom. The summed E-state index contributed by atoms with van der Waals surface area (Å²) < 4.78 is 1.17. The van der Waals surface area contributed by atoms with Gasteiger partial charge in [0.1, 0.15) is 5.82 Å². The second kappa shape index (κ2) is 10.6. The van der Waals surface area contributed by atoms with Crippen molar-refractivity contribution < 1.29 is 9.59 Å². The summed E-state index contributed by atoms with van der Waals surface area (Å²) in [6, 6.07) is 7.98. The first-order chi connectivity index (χ1) is 18.1. The van der Waals surface area contributed by atoms with Crippen LogP contribution in [0.5, 0.6) is 0 Å². The van der Waals surface area contributed by atoms with Crippen LogP contribution in [0.2, 0.25) is 0 Å². The van der Waals surface area contributed by atoms with Crippen molar-refractivity contribution in [2.45, 2.75) is 77.3 Å². The Morgan fingerprint density at radius 1 is 1.24 bits per heavy atom. The number of nitrogen functional groups attached to an aromatic ring is 1. The number of piperidine rings is 2. The molecule has 3 aromatic rings. The maximum absolute atomic E-state index is 13.4. The van der Waals surface area contributed by atoms with Crippen LogP contribution in [0.4, 0.5) is 11.5 Å². The SMILES string of the molecule is CCc1cc(NC(=O)C(=O)N2C[C@@H](C)CC[C@@H]2c2ccc3sc([C@H]4CCNC(C)(C)C4)nc3c2)cnc1N. The first-order valence-electron chi connectivity index (χ1n) is 13.6. The Morgan fingerprint density at radius 2 is 2.05 bits per heavy atom. The lowest BCUT2D eigenvalue weighted by molar-refractivity contribution is -0.146. The number of nitrogens with one attached hydrogen (secondary N) is 2. The van der Waals surface area contributed by atoms with E-state index in [0.29, 0.717) is 36.3 Å². The van der Waals surface area contributed by atoms with Crippen LogP contribution in [-0.4, -0.2) is 45.3 Å². The van der Waals surface area contributed by atoms with Crippen molar-refractivity contribution in [2.75, 3.05) is 24.1 Å². The number of benzene rings is 1. The van der Waals surface area contributed by atoms with E-state index >= 15 is 0 Å². The number of fused-ring (bicyclic) bond motifs is 1. The van der Waals surface area contributed by atoms with E-state index in [4.69, 9.17) is 10.7 Å². The Hall–Kier alpha value is -3.04. The third kappa shape index (κ3) is 5.54. The van der Waals surface area contributed by atoms with Crippen LogP contribution in [0.1, 0.15) is 81.5 Å². The zero-order chi connectivity index (χ0) is 27.0. The van der Waals surface area contributed by atoms with Gasteiger partial charge in [-0.05, 0) is 87.7 Å². The molecule has 0 bridgehead atoms. The molecule has 38 heavy (non-hydrogen) atoms. The van der Waals surface area contributed by atoms with Crippen molar-refractivity contribution in [3.05, 3.63) is 46.6 Å². The maximum atomic E-state index is 13.4. The van der Waals surface area contributed by atoms with Crippen molar-refractivity contribution in [1.82, 2.24) is 20.2 Å². The van der Waals surface area contributed by atoms with Gasteiger partial charge in [-0.2, -0.15) is 0 Å². The number of nitrogens with two attached hydrogens (primary N) is 1. The lowest BCUT2D eigenvalue weighted by Gasteiger charge is -2.38. The van der Waals surface area contributed by atoms with E-state index in [1.807, 2.05) is 6.92 Å². The number of anilines is 2. The molecular weight excluding hydrogens is 496 g/mol. The Balaban J connectivity index is 1.37. The van der Waals surface area contributed by atoms with Crippen molar-refractivity contribution >= 4 is 44.9 Å². The monoisotopic (exact) mass is 534 g/mol. The highest BCUT2D eigenvalue weighted by Gasteiger charge is 2.35. The fraction of sp³-hybridized carbons (Fsp3) is 0.517. The quantitative estimate of drug-likeness (QED) is 0.405. The van der Waals surface area contributed by atoms with E-state index in [-0.39, 0.29) is 11.6 Å². The number of aromatic nitrogens is 2. The van der Waals surface area contributed by atoms with Gasteiger partial charge in [0.2, 0.25) is 0 Å². The van der Waals surface area contributed by atoms with E-state index in [1.165, 1.54) is 15.9 Å². The molecule has 4 heterocycles. The fourth-order valence-corrected chi connectivity index (χ4v) is 6.92. The van der Waals surface area contributed by atoms with Gasteiger partial charge in [0.15, 0.2) is 0 Å². The number of carbonyl (C=O) groups is 2. The molecule has 8 nitrogen and oxygen atoms in total. The van der Waals surface area contributed by atoms with Gasteiger partial charge in [-0.15, -0.1) is 11.3 Å². The molecule has 202 valence electrons.